The highest BCUT2D eigenvalue weighted by molar-refractivity contribution is 4.79. The lowest BCUT2D eigenvalue weighted by atomic mass is 9.87. The van der Waals surface area contributed by atoms with Gasteiger partial charge in [0.2, 0.25) is 0 Å². The molecular formula is C14H28N2. The van der Waals surface area contributed by atoms with E-state index in [2.05, 4.69) is 39.1 Å². The summed E-state index contributed by atoms with van der Waals surface area (Å²) >= 11 is 0. The predicted octanol–water partition coefficient (Wildman–Crippen LogP) is 3.87. The first-order chi connectivity index (χ1) is 7.52. The maximum atomic E-state index is 8.58. The monoisotopic (exact) mass is 224 g/mol. The summed E-state index contributed by atoms with van der Waals surface area (Å²) < 4.78 is 0. The van der Waals surface area contributed by atoms with E-state index in [9.17, 15) is 0 Å². The number of rotatable bonds is 9. The Morgan fingerprint density at radius 1 is 1.31 bits per heavy atom. The molecule has 0 aliphatic carbocycles. The van der Waals surface area contributed by atoms with Gasteiger partial charge in [-0.05, 0) is 25.2 Å². The Morgan fingerprint density at radius 3 is 2.56 bits per heavy atom. The Hall–Kier alpha value is -0.550. The van der Waals surface area contributed by atoms with Crippen molar-refractivity contribution in [3.05, 3.63) is 0 Å². The van der Waals surface area contributed by atoms with Crippen LogP contribution in [0.1, 0.15) is 66.2 Å². The first-order valence-electron chi connectivity index (χ1n) is 6.62. The lowest BCUT2D eigenvalue weighted by molar-refractivity contribution is 0.298. The maximum Gasteiger partial charge on any atom is 0.0621 e. The maximum absolute atomic E-state index is 8.58. The van der Waals surface area contributed by atoms with Crippen LogP contribution < -0.4 is 5.32 Å². The number of nitriles is 1. The fourth-order valence-corrected chi connectivity index (χ4v) is 1.74. The third-order valence-electron chi connectivity index (χ3n) is 3.08. The van der Waals surface area contributed by atoms with Crippen molar-refractivity contribution in [3.63, 3.8) is 0 Å². The van der Waals surface area contributed by atoms with Gasteiger partial charge in [-0.15, -0.1) is 0 Å². The van der Waals surface area contributed by atoms with Crippen LogP contribution in [-0.2, 0) is 0 Å². The Bertz CT molecular complexity index is 203. The van der Waals surface area contributed by atoms with Gasteiger partial charge in [0, 0.05) is 19.0 Å². The zero-order valence-electron chi connectivity index (χ0n) is 11.5. The Labute approximate surface area is 101 Å². The molecule has 0 aromatic carbocycles. The minimum Gasteiger partial charge on any atom is -0.314 e. The van der Waals surface area contributed by atoms with Gasteiger partial charge in [-0.2, -0.15) is 5.26 Å². The van der Waals surface area contributed by atoms with E-state index < -0.39 is 0 Å². The van der Waals surface area contributed by atoms with Crippen LogP contribution in [-0.4, -0.2) is 12.6 Å². The summed E-state index contributed by atoms with van der Waals surface area (Å²) in [4.78, 5) is 0. The second-order valence-corrected chi connectivity index (χ2v) is 5.60. The van der Waals surface area contributed by atoms with Gasteiger partial charge in [0.1, 0.15) is 0 Å². The molecule has 0 rings (SSSR count). The summed E-state index contributed by atoms with van der Waals surface area (Å²) in [6.45, 7) is 9.98. The molecule has 0 aromatic rings. The van der Waals surface area contributed by atoms with Gasteiger partial charge in [-0.1, -0.05) is 40.0 Å². The van der Waals surface area contributed by atoms with Crippen LogP contribution in [0.15, 0.2) is 0 Å². The summed E-state index contributed by atoms with van der Waals surface area (Å²) in [5.74, 6) is 0. The molecule has 0 amide bonds. The molecule has 94 valence electrons. The first-order valence-corrected chi connectivity index (χ1v) is 6.62. The molecule has 0 bridgehead atoms. The smallest absolute Gasteiger partial charge is 0.0621 e. The number of nitrogens with one attached hydrogen (secondary N) is 1. The van der Waals surface area contributed by atoms with Crippen LogP contribution in [0.3, 0.4) is 0 Å². The van der Waals surface area contributed by atoms with E-state index >= 15 is 0 Å². The average molecular weight is 224 g/mol. The van der Waals surface area contributed by atoms with E-state index in [0.717, 1.165) is 13.0 Å². The SMILES string of the molecule is CCCCCC(C)NCC(C)(C)CCC#N. The summed E-state index contributed by atoms with van der Waals surface area (Å²) in [5, 5.41) is 12.2. The fourth-order valence-electron chi connectivity index (χ4n) is 1.74. The summed E-state index contributed by atoms with van der Waals surface area (Å²) in [5.41, 5.74) is 0.245. The predicted molar refractivity (Wildman–Crippen MR) is 70.2 cm³/mol. The van der Waals surface area contributed by atoms with E-state index in [1.54, 1.807) is 0 Å². The third kappa shape index (κ3) is 8.73. The Kier molecular flexibility index (Phi) is 8.29. The number of hydrogen-bond acceptors (Lipinski definition) is 2. The Balaban J connectivity index is 3.64. The molecule has 1 unspecified atom stereocenters. The first kappa shape index (κ1) is 15.4. The lowest BCUT2D eigenvalue weighted by Gasteiger charge is -2.26. The molecule has 0 heterocycles. The number of unbranched alkanes of at least 4 members (excludes halogenated alkanes) is 2. The van der Waals surface area contributed by atoms with Crippen molar-refractivity contribution in [2.24, 2.45) is 5.41 Å². The van der Waals surface area contributed by atoms with E-state index in [0.29, 0.717) is 12.5 Å². The van der Waals surface area contributed by atoms with E-state index in [-0.39, 0.29) is 5.41 Å². The molecule has 16 heavy (non-hydrogen) atoms. The highest BCUT2D eigenvalue weighted by atomic mass is 14.9. The van der Waals surface area contributed by atoms with Crippen LogP contribution in [0.25, 0.3) is 0 Å². The van der Waals surface area contributed by atoms with Crippen molar-refractivity contribution in [2.75, 3.05) is 6.54 Å². The topological polar surface area (TPSA) is 35.8 Å². The molecule has 0 saturated carbocycles. The zero-order valence-corrected chi connectivity index (χ0v) is 11.5. The van der Waals surface area contributed by atoms with Gasteiger partial charge in [-0.3, -0.25) is 0 Å². The highest BCUT2D eigenvalue weighted by Gasteiger charge is 2.17. The number of hydrogen-bond donors (Lipinski definition) is 1. The molecule has 0 radical (unpaired) electrons. The van der Waals surface area contributed by atoms with Crippen molar-refractivity contribution >= 4 is 0 Å². The van der Waals surface area contributed by atoms with Crippen LogP contribution in [0.4, 0.5) is 0 Å². The van der Waals surface area contributed by atoms with E-state index in [1.807, 2.05) is 0 Å². The molecule has 1 N–H and O–H groups in total. The molecule has 0 aliphatic heterocycles. The molecule has 2 heteroatoms. The summed E-state index contributed by atoms with van der Waals surface area (Å²) in [6.07, 6.45) is 6.87. The van der Waals surface area contributed by atoms with Gasteiger partial charge in [0.25, 0.3) is 0 Å². The van der Waals surface area contributed by atoms with Crippen molar-refractivity contribution in [1.82, 2.24) is 5.32 Å². The largest absolute Gasteiger partial charge is 0.314 e. The highest BCUT2D eigenvalue weighted by Crippen LogP contribution is 2.21. The summed E-state index contributed by atoms with van der Waals surface area (Å²) in [7, 11) is 0. The quantitative estimate of drug-likeness (QED) is 0.603. The molecule has 2 nitrogen and oxygen atoms in total. The molecule has 0 saturated heterocycles. The molecule has 0 spiro atoms. The summed E-state index contributed by atoms with van der Waals surface area (Å²) in [6, 6.07) is 2.83. The lowest BCUT2D eigenvalue weighted by Crippen LogP contribution is -2.35. The van der Waals surface area contributed by atoms with Crippen LogP contribution in [0, 0.1) is 16.7 Å². The van der Waals surface area contributed by atoms with Gasteiger partial charge in [-0.25, -0.2) is 0 Å². The van der Waals surface area contributed by atoms with Crippen molar-refractivity contribution in [1.29, 1.82) is 5.26 Å². The minimum atomic E-state index is 0.245. The van der Waals surface area contributed by atoms with Crippen molar-refractivity contribution < 1.29 is 0 Å². The third-order valence-corrected chi connectivity index (χ3v) is 3.08. The van der Waals surface area contributed by atoms with Gasteiger partial charge < -0.3 is 5.32 Å². The average Bonchev–Trinajstić information content (AvgIpc) is 2.24. The second kappa shape index (κ2) is 8.58. The van der Waals surface area contributed by atoms with Crippen molar-refractivity contribution in [2.45, 2.75) is 72.3 Å². The van der Waals surface area contributed by atoms with Crippen LogP contribution in [0.5, 0.6) is 0 Å². The van der Waals surface area contributed by atoms with Gasteiger partial charge in [0.15, 0.2) is 0 Å². The zero-order chi connectivity index (χ0) is 12.4. The normalized spacial score (nSPS) is 13.4. The minimum absolute atomic E-state index is 0.245. The number of nitrogens with zero attached hydrogens (tertiary/aromatic N) is 1. The molecule has 1 atom stereocenters. The molecule has 0 aliphatic rings. The van der Waals surface area contributed by atoms with Gasteiger partial charge in [0.05, 0.1) is 6.07 Å². The molecule has 0 fully saturated rings. The molecule has 0 aromatic heterocycles. The fraction of sp³-hybridized carbons (Fsp3) is 0.929. The van der Waals surface area contributed by atoms with E-state index in [1.165, 1.54) is 25.7 Å². The van der Waals surface area contributed by atoms with Crippen LogP contribution >= 0.6 is 0 Å². The molecular weight excluding hydrogens is 196 g/mol. The van der Waals surface area contributed by atoms with Crippen molar-refractivity contribution in [3.8, 4) is 6.07 Å². The standard InChI is InChI=1S/C14H28N2/c1-5-6-7-9-13(2)16-12-14(3,4)10-8-11-15/h13,16H,5-10,12H2,1-4H3. The second-order valence-electron chi connectivity index (χ2n) is 5.60. The Morgan fingerprint density at radius 2 is 2.00 bits per heavy atom. The van der Waals surface area contributed by atoms with Crippen LogP contribution in [0.2, 0.25) is 0 Å². The van der Waals surface area contributed by atoms with E-state index in [4.69, 9.17) is 5.26 Å². The van der Waals surface area contributed by atoms with Gasteiger partial charge >= 0.3 is 0 Å².